The third-order valence-electron chi connectivity index (χ3n) is 1.79. The number of guanidine groups is 1. The molecule has 0 atom stereocenters. The lowest BCUT2D eigenvalue weighted by Gasteiger charge is -2.06. The van der Waals surface area contributed by atoms with Crippen molar-refractivity contribution in [2.45, 2.75) is 20.3 Å². The van der Waals surface area contributed by atoms with Gasteiger partial charge in [0, 0.05) is 33.4 Å². The van der Waals surface area contributed by atoms with Crippen LogP contribution in [0.25, 0.3) is 0 Å². The number of hydrogen-bond acceptors (Lipinski definition) is 3. The molecule has 104 valence electrons. The quantitative estimate of drug-likeness (QED) is 0.281. The Balaban J connectivity index is 0. The van der Waals surface area contributed by atoms with Crippen LogP contribution in [-0.2, 0) is 9.47 Å². The second kappa shape index (κ2) is 14.0. The minimum absolute atomic E-state index is 0. The highest BCUT2D eigenvalue weighted by Gasteiger charge is 1.94. The molecule has 0 aliphatic rings. The summed E-state index contributed by atoms with van der Waals surface area (Å²) < 4.78 is 10.3. The number of aliphatic imine (C=N–C) groups is 1. The Labute approximate surface area is 122 Å². The van der Waals surface area contributed by atoms with Crippen molar-refractivity contribution in [1.82, 2.24) is 5.32 Å². The Morgan fingerprint density at radius 1 is 1.35 bits per heavy atom. The number of nitrogens with two attached hydrogens (primary N) is 1. The van der Waals surface area contributed by atoms with E-state index < -0.39 is 0 Å². The Morgan fingerprint density at radius 3 is 2.65 bits per heavy atom. The molecule has 0 saturated heterocycles. The Kier molecular flexibility index (Phi) is 15.8. The van der Waals surface area contributed by atoms with E-state index in [9.17, 15) is 0 Å². The SMILES string of the molecule is COCCNC(N)=NCCCOCC(C)C.I. The van der Waals surface area contributed by atoms with Gasteiger partial charge in [-0.05, 0) is 12.3 Å². The number of halogens is 1. The van der Waals surface area contributed by atoms with Crippen molar-refractivity contribution >= 4 is 29.9 Å². The molecule has 0 bridgehead atoms. The van der Waals surface area contributed by atoms with Gasteiger partial charge in [-0.25, -0.2) is 0 Å². The zero-order chi connectivity index (χ0) is 12.2. The molecule has 0 aromatic heterocycles. The Bertz CT molecular complexity index is 190. The topological polar surface area (TPSA) is 68.9 Å². The molecule has 0 aromatic rings. The molecule has 5 nitrogen and oxygen atoms in total. The van der Waals surface area contributed by atoms with E-state index >= 15 is 0 Å². The van der Waals surface area contributed by atoms with E-state index in [2.05, 4.69) is 24.2 Å². The van der Waals surface area contributed by atoms with Gasteiger partial charge >= 0.3 is 0 Å². The molecule has 0 aromatic carbocycles. The van der Waals surface area contributed by atoms with Gasteiger partial charge in [-0.1, -0.05) is 13.8 Å². The van der Waals surface area contributed by atoms with Gasteiger partial charge in [0.2, 0.25) is 0 Å². The molecule has 17 heavy (non-hydrogen) atoms. The van der Waals surface area contributed by atoms with Gasteiger partial charge in [0.25, 0.3) is 0 Å². The summed E-state index contributed by atoms with van der Waals surface area (Å²) in [5.41, 5.74) is 5.62. The second-order valence-electron chi connectivity index (χ2n) is 4.01. The largest absolute Gasteiger partial charge is 0.383 e. The molecule has 0 fully saturated rings. The first-order chi connectivity index (χ1) is 7.66. The summed E-state index contributed by atoms with van der Waals surface area (Å²) in [6.45, 7) is 7.84. The number of nitrogens with one attached hydrogen (secondary N) is 1. The lowest BCUT2D eigenvalue weighted by molar-refractivity contribution is 0.109. The summed E-state index contributed by atoms with van der Waals surface area (Å²) in [7, 11) is 1.65. The Morgan fingerprint density at radius 2 is 2.06 bits per heavy atom. The number of nitrogens with zero attached hydrogens (tertiary/aromatic N) is 1. The van der Waals surface area contributed by atoms with E-state index in [1.165, 1.54) is 0 Å². The van der Waals surface area contributed by atoms with Gasteiger partial charge in [0.05, 0.1) is 6.61 Å². The van der Waals surface area contributed by atoms with Gasteiger partial charge in [-0.3, -0.25) is 4.99 Å². The third kappa shape index (κ3) is 15.9. The first-order valence-electron chi connectivity index (χ1n) is 5.77. The van der Waals surface area contributed by atoms with Crippen LogP contribution in [0.2, 0.25) is 0 Å². The van der Waals surface area contributed by atoms with Gasteiger partial charge < -0.3 is 20.5 Å². The average molecular weight is 359 g/mol. The maximum Gasteiger partial charge on any atom is 0.188 e. The molecule has 0 amide bonds. The predicted molar refractivity (Wildman–Crippen MR) is 82.1 cm³/mol. The molecular formula is C11H26IN3O2. The first kappa shape index (κ1) is 19.3. The molecule has 0 aliphatic carbocycles. The van der Waals surface area contributed by atoms with Crippen LogP contribution in [0.3, 0.4) is 0 Å². The van der Waals surface area contributed by atoms with Gasteiger partial charge in [0.15, 0.2) is 5.96 Å². The highest BCUT2D eigenvalue weighted by molar-refractivity contribution is 14.0. The van der Waals surface area contributed by atoms with Crippen molar-refractivity contribution in [3.63, 3.8) is 0 Å². The van der Waals surface area contributed by atoms with E-state index in [0.29, 0.717) is 31.6 Å². The van der Waals surface area contributed by atoms with Crippen molar-refractivity contribution in [3.05, 3.63) is 0 Å². The summed E-state index contributed by atoms with van der Waals surface area (Å²) in [5, 5.41) is 2.95. The van der Waals surface area contributed by atoms with Crippen LogP contribution in [0, 0.1) is 5.92 Å². The summed E-state index contributed by atoms with van der Waals surface area (Å²) in [6.07, 6.45) is 0.902. The zero-order valence-electron chi connectivity index (χ0n) is 11.1. The fourth-order valence-electron chi connectivity index (χ4n) is 1.02. The van der Waals surface area contributed by atoms with Crippen molar-refractivity contribution in [2.24, 2.45) is 16.6 Å². The van der Waals surface area contributed by atoms with Crippen LogP contribution in [0.4, 0.5) is 0 Å². The van der Waals surface area contributed by atoms with Crippen molar-refractivity contribution in [1.29, 1.82) is 0 Å². The molecule has 0 aliphatic heterocycles. The van der Waals surface area contributed by atoms with Gasteiger partial charge in [0.1, 0.15) is 0 Å². The molecule has 0 heterocycles. The average Bonchev–Trinajstić information content (AvgIpc) is 2.23. The summed E-state index contributed by atoms with van der Waals surface area (Å²) in [4.78, 5) is 4.16. The Hall–Kier alpha value is -0.0800. The maximum atomic E-state index is 5.62. The molecule has 0 spiro atoms. The van der Waals surface area contributed by atoms with Crippen molar-refractivity contribution in [3.8, 4) is 0 Å². The first-order valence-corrected chi connectivity index (χ1v) is 5.77. The molecule has 0 rings (SSSR count). The van der Waals surface area contributed by atoms with Crippen molar-refractivity contribution in [2.75, 3.05) is 40.0 Å². The minimum atomic E-state index is 0. The molecular weight excluding hydrogens is 333 g/mol. The number of rotatable bonds is 9. The lowest BCUT2D eigenvalue weighted by atomic mass is 10.2. The highest BCUT2D eigenvalue weighted by atomic mass is 127. The van der Waals surface area contributed by atoms with E-state index in [1.807, 2.05) is 0 Å². The molecule has 0 radical (unpaired) electrons. The number of methoxy groups -OCH3 is 1. The predicted octanol–water partition coefficient (Wildman–Crippen LogP) is 1.22. The zero-order valence-corrected chi connectivity index (χ0v) is 13.4. The summed E-state index contributed by atoms with van der Waals surface area (Å²) in [6, 6.07) is 0. The molecule has 0 unspecified atom stereocenters. The maximum absolute atomic E-state index is 5.62. The van der Waals surface area contributed by atoms with Crippen molar-refractivity contribution < 1.29 is 9.47 Å². The lowest BCUT2D eigenvalue weighted by Crippen LogP contribution is -2.34. The summed E-state index contributed by atoms with van der Waals surface area (Å²) >= 11 is 0. The molecule has 6 heteroatoms. The monoisotopic (exact) mass is 359 g/mol. The second-order valence-corrected chi connectivity index (χ2v) is 4.01. The van der Waals surface area contributed by atoms with Gasteiger partial charge in [-0.15, -0.1) is 24.0 Å². The third-order valence-corrected chi connectivity index (χ3v) is 1.79. The normalized spacial score (nSPS) is 11.4. The van der Waals surface area contributed by atoms with E-state index in [1.54, 1.807) is 7.11 Å². The standard InChI is InChI=1S/C11H25N3O2.HI/c1-10(2)9-16-7-4-5-13-11(12)14-6-8-15-3;/h10H,4-9H2,1-3H3,(H3,12,13,14);1H. The van der Waals surface area contributed by atoms with E-state index in [-0.39, 0.29) is 24.0 Å². The van der Waals surface area contributed by atoms with Crippen LogP contribution >= 0.6 is 24.0 Å². The number of hydrogen-bond donors (Lipinski definition) is 2. The van der Waals surface area contributed by atoms with Crippen LogP contribution in [0.15, 0.2) is 4.99 Å². The summed E-state index contributed by atoms with van der Waals surface area (Å²) in [5.74, 6) is 1.06. The smallest absolute Gasteiger partial charge is 0.188 e. The number of ether oxygens (including phenoxy) is 2. The van der Waals surface area contributed by atoms with Crippen LogP contribution in [-0.4, -0.2) is 46.0 Å². The van der Waals surface area contributed by atoms with Crippen LogP contribution in [0.5, 0.6) is 0 Å². The van der Waals surface area contributed by atoms with Gasteiger partial charge in [-0.2, -0.15) is 0 Å². The fraction of sp³-hybridized carbons (Fsp3) is 0.909. The molecule has 3 N–H and O–H groups in total. The van der Waals surface area contributed by atoms with Crippen LogP contribution < -0.4 is 11.1 Å². The van der Waals surface area contributed by atoms with Crippen LogP contribution in [0.1, 0.15) is 20.3 Å². The van der Waals surface area contributed by atoms with E-state index in [4.69, 9.17) is 15.2 Å². The fourth-order valence-corrected chi connectivity index (χ4v) is 1.02. The minimum Gasteiger partial charge on any atom is -0.383 e. The highest BCUT2D eigenvalue weighted by Crippen LogP contribution is 1.93. The molecule has 0 saturated carbocycles. The van der Waals surface area contributed by atoms with E-state index in [0.717, 1.165) is 19.6 Å².